The van der Waals surface area contributed by atoms with Crippen LogP contribution in [0.4, 0.5) is 38.2 Å². The van der Waals surface area contributed by atoms with E-state index in [1.165, 1.54) is 5.32 Å². The molecule has 6 nitrogen and oxygen atoms in total. The number of pyridine rings is 1. The molecule has 0 aliphatic carbocycles. The van der Waals surface area contributed by atoms with Crippen LogP contribution in [0.15, 0.2) is 18.2 Å². The van der Waals surface area contributed by atoms with Gasteiger partial charge < -0.3 is 10.6 Å². The van der Waals surface area contributed by atoms with Crippen LogP contribution in [0, 0.1) is 0 Å². The first-order chi connectivity index (χ1) is 14.4. The van der Waals surface area contributed by atoms with E-state index in [1.807, 2.05) is 5.32 Å². The number of nitrogens with zero attached hydrogens (tertiary/aromatic N) is 4. The van der Waals surface area contributed by atoms with Gasteiger partial charge in [-0.15, -0.1) is 0 Å². The molecule has 2 aromatic heterocycles. The van der Waals surface area contributed by atoms with E-state index in [-0.39, 0.29) is 5.15 Å². The van der Waals surface area contributed by atoms with Crippen molar-refractivity contribution in [1.82, 2.24) is 19.9 Å². The number of hydrogen-bond acceptors (Lipinski definition) is 6. The normalized spacial score (nSPS) is 17.7. The number of hydrogen-bond donors (Lipinski definition) is 2. The zero-order chi connectivity index (χ0) is 24.6. The second kappa shape index (κ2) is 7.71. The van der Waals surface area contributed by atoms with Crippen LogP contribution in [0.25, 0.3) is 11.5 Å². The van der Waals surface area contributed by atoms with Gasteiger partial charge in [0.1, 0.15) is 22.9 Å². The number of anilines is 2. The molecule has 2 heterocycles. The summed E-state index contributed by atoms with van der Waals surface area (Å²) in [4.78, 5) is 14.2. The number of rotatable bonds is 5. The minimum Gasteiger partial charge on any atom is -0.343 e. The van der Waals surface area contributed by atoms with Crippen LogP contribution in [-0.2, 0) is 0 Å². The van der Waals surface area contributed by atoms with Gasteiger partial charge in [-0.1, -0.05) is 17.6 Å². The Kier molecular flexibility index (Phi) is 4.18. The average molecular weight is 420 g/mol. The van der Waals surface area contributed by atoms with Crippen LogP contribution in [0.5, 0.6) is 0 Å². The maximum Gasteiger partial charge on any atom is 0.408 e. The van der Waals surface area contributed by atoms with E-state index in [9.17, 15) is 26.3 Å². The highest BCUT2D eigenvalue weighted by Crippen LogP contribution is 2.26. The van der Waals surface area contributed by atoms with Gasteiger partial charge in [0.2, 0.25) is 11.9 Å². The summed E-state index contributed by atoms with van der Waals surface area (Å²) < 4.78 is 115. The summed E-state index contributed by atoms with van der Waals surface area (Å²) in [6, 6.07) is -5.59. The van der Waals surface area contributed by atoms with Crippen LogP contribution in [0.3, 0.4) is 0 Å². The second-order valence-electron chi connectivity index (χ2n) is 5.03. The van der Waals surface area contributed by atoms with Gasteiger partial charge >= 0.3 is 12.4 Å². The van der Waals surface area contributed by atoms with Gasteiger partial charge in [-0.2, -0.15) is 41.3 Å². The van der Waals surface area contributed by atoms with E-state index in [4.69, 9.17) is 18.5 Å². The first-order valence-corrected chi connectivity index (χ1v) is 7.34. The molecule has 0 bridgehead atoms. The molecule has 0 radical (unpaired) electrons. The van der Waals surface area contributed by atoms with E-state index in [0.717, 1.165) is 6.07 Å². The molecule has 2 aromatic rings. The Morgan fingerprint density at radius 1 is 1.00 bits per heavy atom. The molecule has 0 aliphatic heterocycles. The van der Waals surface area contributed by atoms with Gasteiger partial charge in [0.25, 0.3) is 0 Å². The minimum absolute atomic E-state index is 0.329. The smallest absolute Gasteiger partial charge is 0.343 e. The third-order valence-corrected chi connectivity index (χ3v) is 3.08. The molecule has 0 saturated carbocycles. The Balaban J connectivity index is 2.64. The van der Waals surface area contributed by atoms with Gasteiger partial charge in [-0.05, 0) is 25.9 Å². The summed E-state index contributed by atoms with van der Waals surface area (Å²) in [7, 11) is 0. The van der Waals surface area contributed by atoms with Crippen molar-refractivity contribution in [2.24, 2.45) is 0 Å². The van der Waals surface area contributed by atoms with Crippen molar-refractivity contribution in [3.05, 3.63) is 23.3 Å². The van der Waals surface area contributed by atoms with Crippen LogP contribution in [0.2, 0.25) is 5.15 Å². The van der Waals surface area contributed by atoms with Crippen molar-refractivity contribution in [1.29, 1.82) is 0 Å². The fourth-order valence-electron chi connectivity index (χ4n) is 1.53. The third kappa shape index (κ3) is 5.81. The highest BCUT2D eigenvalue weighted by molar-refractivity contribution is 6.29. The highest BCUT2D eigenvalue weighted by Gasteiger charge is 2.38. The predicted molar refractivity (Wildman–Crippen MR) is 86.3 cm³/mol. The highest BCUT2D eigenvalue weighted by atomic mass is 35.5. The molecule has 2 atom stereocenters. The maximum atomic E-state index is 13.2. The standard InChI is InChI=1S/C14H13ClF6N6/c1-6(13(16,17)18)22-11-25-10(8-4-3-5-9(15)24-8)26-12(27-11)23-7(2)14(19,20)21/h3-7H,1-2H3,(H2,22,23,25,26,27)/t6-,7-/m1/s1/i1D3,3D,4D. The first-order valence-electron chi connectivity index (χ1n) is 9.46. The largest absolute Gasteiger partial charge is 0.408 e. The third-order valence-electron chi connectivity index (χ3n) is 2.89. The molecule has 0 saturated heterocycles. The minimum atomic E-state index is -5.31. The Morgan fingerprint density at radius 2 is 1.56 bits per heavy atom. The van der Waals surface area contributed by atoms with Gasteiger partial charge in [-0.25, -0.2) is 4.98 Å². The zero-order valence-electron chi connectivity index (χ0n) is 18.2. The lowest BCUT2D eigenvalue weighted by molar-refractivity contribution is -0.139. The summed E-state index contributed by atoms with van der Waals surface area (Å²) in [6.07, 6.45) is -10.1. The first kappa shape index (κ1) is 14.7. The van der Waals surface area contributed by atoms with Crippen LogP contribution < -0.4 is 10.6 Å². The topological polar surface area (TPSA) is 75.6 Å². The van der Waals surface area contributed by atoms with Crippen molar-refractivity contribution < 1.29 is 33.2 Å². The molecular formula is C14H13ClF6N6. The zero-order valence-corrected chi connectivity index (χ0v) is 13.9. The molecule has 0 spiro atoms. The molecule has 0 unspecified atom stereocenters. The Morgan fingerprint density at radius 3 is 2.07 bits per heavy atom. The van der Waals surface area contributed by atoms with Gasteiger partial charge in [0.05, 0.1) is 2.74 Å². The van der Waals surface area contributed by atoms with Crippen molar-refractivity contribution >= 4 is 23.5 Å². The monoisotopic (exact) mass is 419 g/mol. The van der Waals surface area contributed by atoms with Crippen LogP contribution in [0.1, 0.15) is 20.6 Å². The summed E-state index contributed by atoms with van der Waals surface area (Å²) in [6.45, 7) is -2.95. The van der Waals surface area contributed by atoms with Crippen molar-refractivity contribution in [2.45, 2.75) is 38.2 Å². The second-order valence-corrected chi connectivity index (χ2v) is 5.42. The SMILES string of the molecule is [2H]c1cc(Cl)nc(-c2nc(N[C@H](C([2H])([2H])[2H])C(F)(F)F)nc(N[C@H](C)C(F)(F)F)n2)c1[2H]. The van der Waals surface area contributed by atoms with Crippen molar-refractivity contribution in [2.75, 3.05) is 10.6 Å². The fourth-order valence-corrected chi connectivity index (χ4v) is 1.67. The van der Waals surface area contributed by atoms with E-state index in [2.05, 4.69) is 19.9 Å². The molecule has 2 N–H and O–H groups in total. The molecule has 0 aromatic carbocycles. The van der Waals surface area contributed by atoms with Crippen molar-refractivity contribution in [3.8, 4) is 11.5 Å². The molecule has 148 valence electrons. The number of nitrogens with one attached hydrogen (secondary N) is 2. The maximum absolute atomic E-state index is 13.2. The molecule has 27 heavy (non-hydrogen) atoms. The van der Waals surface area contributed by atoms with Gasteiger partial charge in [-0.3, -0.25) is 0 Å². The molecular weight excluding hydrogens is 402 g/mol. The van der Waals surface area contributed by atoms with Gasteiger partial charge in [0, 0.05) is 4.11 Å². The Bertz CT molecular complexity index is 972. The number of alkyl halides is 6. The summed E-state index contributed by atoms with van der Waals surface area (Å²) in [5.41, 5.74) is -0.548. The number of aromatic nitrogens is 4. The molecule has 0 amide bonds. The average Bonchev–Trinajstić information content (AvgIpc) is 2.59. The molecule has 0 fully saturated rings. The quantitative estimate of drug-likeness (QED) is 0.555. The van der Waals surface area contributed by atoms with E-state index in [1.54, 1.807) is 0 Å². The summed E-state index contributed by atoms with van der Waals surface area (Å²) in [5, 5.41) is 3.02. The lowest BCUT2D eigenvalue weighted by Gasteiger charge is -2.20. The lowest BCUT2D eigenvalue weighted by atomic mass is 10.3. The molecule has 13 heteroatoms. The number of halogens is 7. The predicted octanol–water partition coefficient (Wildman–Crippen LogP) is 4.31. The Labute approximate surface area is 161 Å². The van der Waals surface area contributed by atoms with Crippen molar-refractivity contribution in [3.63, 3.8) is 0 Å². The summed E-state index contributed by atoms with van der Waals surface area (Å²) >= 11 is 5.71. The Hall–Kier alpha value is -2.37. The van der Waals surface area contributed by atoms with E-state index in [0.29, 0.717) is 6.92 Å². The fraction of sp³-hybridized carbons (Fsp3) is 0.429. The summed E-state index contributed by atoms with van der Waals surface area (Å²) in [5.74, 6) is -2.66. The molecule has 2 rings (SSSR count). The lowest BCUT2D eigenvalue weighted by Crippen LogP contribution is -2.35. The van der Waals surface area contributed by atoms with Crippen LogP contribution in [-0.4, -0.2) is 44.4 Å². The van der Waals surface area contributed by atoms with E-state index < -0.39 is 66.8 Å². The van der Waals surface area contributed by atoms with E-state index >= 15 is 0 Å². The van der Waals surface area contributed by atoms with Crippen LogP contribution >= 0.6 is 11.6 Å². The van der Waals surface area contributed by atoms with Gasteiger partial charge in [0.15, 0.2) is 5.82 Å². The molecule has 0 aliphatic rings.